The van der Waals surface area contributed by atoms with E-state index in [1.165, 1.54) is 49.9 Å². The molecule has 0 amide bonds. The van der Waals surface area contributed by atoms with E-state index < -0.39 is 5.41 Å². The van der Waals surface area contributed by atoms with Crippen LogP contribution in [0.5, 0.6) is 0 Å². The van der Waals surface area contributed by atoms with Crippen LogP contribution >= 0.6 is 0 Å². The molecule has 0 saturated heterocycles. The number of benzene rings is 9. The van der Waals surface area contributed by atoms with Crippen LogP contribution in [0.25, 0.3) is 83.3 Å². The molecule has 0 spiro atoms. The van der Waals surface area contributed by atoms with Crippen molar-refractivity contribution in [3.8, 4) is 67.0 Å². The molecule has 0 saturated carbocycles. The molecule has 11 aromatic rings. The first-order valence-electron chi connectivity index (χ1n) is 21.4. The van der Waals surface area contributed by atoms with Crippen LogP contribution in [-0.4, -0.2) is 9.61 Å². The van der Waals surface area contributed by atoms with E-state index in [0.717, 1.165) is 55.7 Å². The van der Waals surface area contributed by atoms with Gasteiger partial charge < -0.3 is 0 Å². The van der Waals surface area contributed by atoms with Gasteiger partial charge in [0.15, 0.2) is 0 Å². The Hall–Kier alpha value is -8.07. The van der Waals surface area contributed by atoms with Crippen LogP contribution in [0.3, 0.4) is 0 Å². The minimum Gasteiger partial charge on any atom is -0.231 e. The third kappa shape index (κ3) is 5.47. The number of aromatic nitrogens is 2. The highest BCUT2D eigenvalue weighted by Crippen LogP contribution is 2.56. The van der Waals surface area contributed by atoms with E-state index in [9.17, 15) is 0 Å². The van der Waals surface area contributed by atoms with E-state index in [4.69, 9.17) is 5.10 Å². The molecule has 62 heavy (non-hydrogen) atoms. The first-order valence-corrected chi connectivity index (χ1v) is 21.4. The van der Waals surface area contributed by atoms with Crippen LogP contribution in [0, 0.1) is 0 Å². The van der Waals surface area contributed by atoms with Crippen LogP contribution in [0.15, 0.2) is 243 Å². The Balaban J connectivity index is 1.06. The summed E-state index contributed by atoms with van der Waals surface area (Å²) in [4.78, 5) is 0. The largest absolute Gasteiger partial charge is 0.231 e. The molecule has 2 heterocycles. The predicted octanol–water partition coefficient (Wildman–Crippen LogP) is 15.2. The monoisotopic (exact) mass is 788 g/mol. The van der Waals surface area contributed by atoms with Crippen molar-refractivity contribution in [2.75, 3.05) is 0 Å². The van der Waals surface area contributed by atoms with Gasteiger partial charge in [0.05, 0.1) is 16.6 Å². The lowest BCUT2D eigenvalue weighted by Gasteiger charge is -2.33. The van der Waals surface area contributed by atoms with Crippen molar-refractivity contribution in [2.45, 2.75) is 5.41 Å². The summed E-state index contributed by atoms with van der Waals surface area (Å²) in [5, 5.41) is 7.92. The zero-order valence-electron chi connectivity index (χ0n) is 34.0. The number of nitrogens with zero attached hydrogens (tertiary/aromatic N) is 2. The fraction of sp³-hybridized carbons (Fsp3) is 0.0167. The maximum Gasteiger partial charge on any atom is 0.101 e. The van der Waals surface area contributed by atoms with E-state index in [2.05, 4.69) is 247 Å². The van der Waals surface area contributed by atoms with Crippen LogP contribution in [0.4, 0.5) is 0 Å². The summed E-state index contributed by atoms with van der Waals surface area (Å²) in [6, 6.07) is 88.2. The molecule has 1 aliphatic carbocycles. The summed E-state index contributed by atoms with van der Waals surface area (Å²) >= 11 is 0. The van der Waals surface area contributed by atoms with Crippen molar-refractivity contribution in [2.24, 2.45) is 0 Å². The van der Waals surface area contributed by atoms with Crippen molar-refractivity contribution < 1.29 is 0 Å². The first-order chi connectivity index (χ1) is 30.8. The maximum atomic E-state index is 5.56. The molecule has 12 rings (SSSR count). The highest BCUT2D eigenvalue weighted by molar-refractivity contribution is 6.15. The maximum absolute atomic E-state index is 5.56. The average Bonchev–Trinajstić information content (AvgIpc) is 3.90. The molecule has 2 heteroatoms. The van der Waals surface area contributed by atoms with Crippen molar-refractivity contribution in [1.29, 1.82) is 0 Å². The van der Waals surface area contributed by atoms with Gasteiger partial charge in [0.25, 0.3) is 0 Å². The van der Waals surface area contributed by atoms with Crippen molar-refractivity contribution in [1.82, 2.24) is 9.61 Å². The quantitative estimate of drug-likeness (QED) is 0.157. The lowest BCUT2D eigenvalue weighted by Crippen LogP contribution is -2.28. The number of rotatable bonds is 7. The van der Waals surface area contributed by atoms with E-state index in [1.807, 2.05) is 0 Å². The third-order valence-corrected chi connectivity index (χ3v) is 12.9. The smallest absolute Gasteiger partial charge is 0.101 e. The molecule has 9 aromatic carbocycles. The van der Waals surface area contributed by atoms with Crippen molar-refractivity contribution >= 4 is 16.3 Å². The average molecular weight is 789 g/mol. The highest BCUT2D eigenvalue weighted by atomic mass is 15.2. The minimum atomic E-state index is -0.419. The van der Waals surface area contributed by atoms with Gasteiger partial charge in [-0.05, 0) is 67.1 Å². The summed E-state index contributed by atoms with van der Waals surface area (Å²) in [6.45, 7) is 0. The van der Waals surface area contributed by atoms with Gasteiger partial charge in [-0.3, -0.25) is 0 Å². The van der Waals surface area contributed by atoms with Crippen molar-refractivity contribution in [3.05, 3.63) is 265 Å². The summed E-state index contributed by atoms with van der Waals surface area (Å²) in [5.41, 5.74) is 19.6. The van der Waals surface area contributed by atoms with Gasteiger partial charge in [-0.1, -0.05) is 237 Å². The molecule has 0 unspecified atom stereocenters. The lowest BCUT2D eigenvalue weighted by atomic mass is 9.67. The highest BCUT2D eigenvalue weighted by Gasteiger charge is 2.46. The summed E-state index contributed by atoms with van der Waals surface area (Å²) in [6.07, 6.45) is 0. The van der Waals surface area contributed by atoms with Gasteiger partial charge in [0, 0.05) is 27.6 Å². The van der Waals surface area contributed by atoms with Crippen LogP contribution in [-0.2, 0) is 5.41 Å². The Bertz CT molecular complexity index is 3370. The molecule has 0 aliphatic heterocycles. The number of pyridine rings is 1. The van der Waals surface area contributed by atoms with Crippen LogP contribution in [0.2, 0.25) is 0 Å². The standard InChI is InChI=1S/C60H40N2/c1-6-20-42(21-7-1)56-57(44-22-8-2-9-23-44)61-62-58(45-24-10-3-11-25-45)55(50-31-16-17-32-51(50)59(56)62)43-36-34-41(35-37-43)46-38-39-54-52(40-46)49-30-18-19-33-53(49)60(54,47-26-12-4-13-27-47)48-28-14-5-15-29-48/h1-40H. The molecule has 0 bridgehead atoms. The van der Waals surface area contributed by atoms with Gasteiger partial charge in [-0.15, -0.1) is 0 Å². The van der Waals surface area contributed by atoms with E-state index in [-0.39, 0.29) is 0 Å². The van der Waals surface area contributed by atoms with Crippen LogP contribution in [0.1, 0.15) is 22.3 Å². The summed E-state index contributed by atoms with van der Waals surface area (Å²) < 4.78 is 2.22. The topological polar surface area (TPSA) is 17.3 Å². The molecular weight excluding hydrogens is 749 g/mol. The zero-order valence-corrected chi connectivity index (χ0v) is 34.0. The van der Waals surface area contributed by atoms with Gasteiger partial charge >= 0.3 is 0 Å². The summed E-state index contributed by atoms with van der Waals surface area (Å²) in [5.74, 6) is 0. The Labute approximate surface area is 361 Å². The molecule has 0 fully saturated rings. The van der Waals surface area contributed by atoms with Gasteiger partial charge in [-0.25, -0.2) is 4.52 Å². The normalized spacial score (nSPS) is 12.6. The van der Waals surface area contributed by atoms with E-state index in [0.29, 0.717) is 0 Å². The molecule has 1 aliphatic rings. The van der Waals surface area contributed by atoms with Gasteiger partial charge in [-0.2, -0.15) is 5.10 Å². The van der Waals surface area contributed by atoms with Crippen molar-refractivity contribution in [3.63, 3.8) is 0 Å². The second-order valence-electron chi connectivity index (χ2n) is 16.2. The molecule has 2 aromatic heterocycles. The zero-order chi connectivity index (χ0) is 41.0. The first kappa shape index (κ1) is 35.8. The molecule has 0 N–H and O–H groups in total. The molecule has 0 atom stereocenters. The second-order valence-corrected chi connectivity index (χ2v) is 16.2. The molecule has 290 valence electrons. The molecule has 2 nitrogen and oxygen atoms in total. The molecule has 0 radical (unpaired) electrons. The third-order valence-electron chi connectivity index (χ3n) is 12.9. The van der Waals surface area contributed by atoms with E-state index >= 15 is 0 Å². The Morgan fingerprint density at radius 2 is 0.790 bits per heavy atom. The summed E-state index contributed by atoms with van der Waals surface area (Å²) in [7, 11) is 0. The predicted molar refractivity (Wildman–Crippen MR) is 257 cm³/mol. The fourth-order valence-corrected chi connectivity index (χ4v) is 10.3. The number of fused-ring (bicyclic) bond motifs is 6. The molecular formula is C60H40N2. The Kier molecular flexibility index (Phi) is 8.43. The SMILES string of the molecule is c1ccc(-c2nn3c(-c4ccccc4)c(-c4ccc(-c5ccc6c(c5)-c5ccccc5C6(c5ccccc5)c5ccccc5)cc4)c4ccccc4c3c2-c2ccccc2)cc1. The van der Waals surface area contributed by atoms with Gasteiger partial charge in [0.2, 0.25) is 0 Å². The van der Waals surface area contributed by atoms with Crippen LogP contribution < -0.4 is 0 Å². The Morgan fingerprint density at radius 1 is 0.323 bits per heavy atom. The van der Waals surface area contributed by atoms with Gasteiger partial charge in [0.1, 0.15) is 5.69 Å². The minimum absolute atomic E-state index is 0.419. The Morgan fingerprint density at radius 3 is 1.44 bits per heavy atom. The number of hydrogen-bond donors (Lipinski definition) is 0. The van der Waals surface area contributed by atoms with E-state index in [1.54, 1.807) is 0 Å². The number of hydrogen-bond acceptors (Lipinski definition) is 1. The second kappa shape index (κ2) is 14.6. The lowest BCUT2D eigenvalue weighted by molar-refractivity contribution is 0.768. The fourth-order valence-electron chi connectivity index (χ4n) is 10.3.